The number of halogens is 2. The third-order valence-electron chi connectivity index (χ3n) is 2.79. The molecule has 2 nitrogen and oxygen atoms in total. The largest absolute Gasteiger partial charge is 0.326 e. The van der Waals surface area contributed by atoms with Gasteiger partial charge in [0, 0.05) is 25.5 Å². The Labute approximate surface area is 92.7 Å². The van der Waals surface area contributed by atoms with Crippen LogP contribution in [0.5, 0.6) is 0 Å². The van der Waals surface area contributed by atoms with Crippen molar-refractivity contribution in [2.75, 3.05) is 5.32 Å². The normalized spacial score (nSPS) is 18.9. The number of benzene rings is 1. The van der Waals surface area contributed by atoms with E-state index >= 15 is 0 Å². The zero-order valence-corrected chi connectivity index (χ0v) is 8.97. The minimum Gasteiger partial charge on any atom is -0.326 e. The van der Waals surface area contributed by atoms with Crippen LogP contribution >= 0.6 is 0 Å². The Balaban J connectivity index is 2.01. The predicted octanol–water partition coefficient (Wildman–Crippen LogP) is 3.16. The molecule has 0 heterocycles. The maximum Gasteiger partial charge on any atom is 0.249 e. The van der Waals surface area contributed by atoms with Gasteiger partial charge in [-0.2, -0.15) is 0 Å². The molecule has 4 heteroatoms. The lowest BCUT2D eigenvalue weighted by molar-refractivity contribution is -0.114. The summed E-state index contributed by atoms with van der Waals surface area (Å²) >= 11 is 0. The average molecular weight is 225 g/mol. The summed E-state index contributed by atoms with van der Waals surface area (Å²) in [5.41, 5.74) is 1.61. The van der Waals surface area contributed by atoms with Crippen LogP contribution in [0.4, 0.5) is 14.5 Å². The second kappa shape index (κ2) is 3.85. The average Bonchev–Trinajstić information content (AvgIpc) is 2.14. The van der Waals surface area contributed by atoms with E-state index in [-0.39, 0.29) is 24.7 Å². The number of hydrogen-bond acceptors (Lipinski definition) is 1. The highest BCUT2D eigenvalue weighted by molar-refractivity contribution is 5.88. The first-order chi connectivity index (χ1) is 7.46. The van der Waals surface area contributed by atoms with Crippen LogP contribution in [0.1, 0.15) is 31.2 Å². The van der Waals surface area contributed by atoms with Gasteiger partial charge >= 0.3 is 0 Å². The van der Waals surface area contributed by atoms with Gasteiger partial charge in [-0.05, 0) is 23.6 Å². The van der Waals surface area contributed by atoms with E-state index in [1.807, 2.05) is 0 Å². The van der Waals surface area contributed by atoms with Gasteiger partial charge < -0.3 is 5.32 Å². The van der Waals surface area contributed by atoms with Crippen molar-refractivity contribution >= 4 is 11.6 Å². The van der Waals surface area contributed by atoms with Gasteiger partial charge in [-0.15, -0.1) is 0 Å². The van der Waals surface area contributed by atoms with E-state index in [0.29, 0.717) is 5.69 Å². The summed E-state index contributed by atoms with van der Waals surface area (Å²) in [5.74, 6) is -2.66. The Hall–Kier alpha value is -1.45. The first-order valence-electron chi connectivity index (χ1n) is 5.22. The van der Waals surface area contributed by atoms with Crippen LogP contribution in [-0.2, 0) is 4.79 Å². The predicted molar refractivity (Wildman–Crippen MR) is 57.7 cm³/mol. The van der Waals surface area contributed by atoms with Gasteiger partial charge in [-0.25, -0.2) is 8.78 Å². The fourth-order valence-corrected chi connectivity index (χ4v) is 1.94. The molecule has 0 aliphatic heterocycles. The molecule has 0 aromatic heterocycles. The number of carbonyl (C=O) groups is 1. The van der Waals surface area contributed by atoms with E-state index in [2.05, 4.69) is 5.32 Å². The smallest absolute Gasteiger partial charge is 0.249 e. The summed E-state index contributed by atoms with van der Waals surface area (Å²) in [6, 6.07) is 7.08. The van der Waals surface area contributed by atoms with E-state index in [9.17, 15) is 13.6 Å². The number of nitrogens with one attached hydrogen (secondary N) is 1. The topological polar surface area (TPSA) is 29.1 Å². The summed E-state index contributed by atoms with van der Waals surface area (Å²) in [7, 11) is 0. The Morgan fingerprint density at radius 3 is 2.31 bits per heavy atom. The molecular weight excluding hydrogens is 212 g/mol. The zero-order valence-electron chi connectivity index (χ0n) is 8.97. The standard InChI is InChI=1S/C12H13F2NO/c1-8(16)15-11-4-2-9(3-5-11)10-6-12(13,14)7-10/h2-5,10H,6-7H2,1H3,(H,15,16). The van der Waals surface area contributed by atoms with Crippen LogP contribution in [0.3, 0.4) is 0 Å². The lowest BCUT2D eigenvalue weighted by Gasteiger charge is -2.35. The SMILES string of the molecule is CC(=O)Nc1ccc(C2CC(F)(F)C2)cc1. The molecule has 1 N–H and O–H groups in total. The second-order valence-corrected chi connectivity index (χ2v) is 4.26. The summed E-state index contributed by atoms with van der Waals surface area (Å²) in [6.07, 6.45) is -0.126. The minimum absolute atomic E-state index is 0.0404. The van der Waals surface area contributed by atoms with Crippen molar-refractivity contribution in [1.29, 1.82) is 0 Å². The van der Waals surface area contributed by atoms with Crippen LogP contribution in [0.15, 0.2) is 24.3 Å². The highest BCUT2D eigenvalue weighted by Gasteiger charge is 2.45. The van der Waals surface area contributed by atoms with Gasteiger partial charge in [-0.3, -0.25) is 4.79 Å². The monoisotopic (exact) mass is 225 g/mol. The molecule has 16 heavy (non-hydrogen) atoms. The van der Waals surface area contributed by atoms with Gasteiger partial charge in [0.15, 0.2) is 0 Å². The first kappa shape index (κ1) is 11.0. The molecule has 1 aliphatic rings. The van der Waals surface area contributed by atoms with Crippen molar-refractivity contribution in [3.63, 3.8) is 0 Å². The minimum atomic E-state index is -2.49. The molecule has 86 valence electrons. The maximum absolute atomic E-state index is 12.7. The molecule has 1 aromatic carbocycles. The van der Waals surface area contributed by atoms with Crippen LogP contribution in [0.2, 0.25) is 0 Å². The Morgan fingerprint density at radius 2 is 1.88 bits per heavy atom. The van der Waals surface area contributed by atoms with E-state index in [1.165, 1.54) is 6.92 Å². The maximum atomic E-state index is 12.7. The Kier molecular flexibility index (Phi) is 2.66. The molecule has 1 amide bonds. The summed E-state index contributed by atoms with van der Waals surface area (Å²) in [5, 5.41) is 2.64. The van der Waals surface area contributed by atoms with Crippen LogP contribution < -0.4 is 5.32 Å². The van der Waals surface area contributed by atoms with Gasteiger partial charge in [0.1, 0.15) is 0 Å². The van der Waals surface area contributed by atoms with Crippen LogP contribution in [-0.4, -0.2) is 11.8 Å². The van der Waals surface area contributed by atoms with Crippen molar-refractivity contribution in [3.05, 3.63) is 29.8 Å². The molecule has 0 spiro atoms. The van der Waals surface area contributed by atoms with E-state index in [4.69, 9.17) is 0 Å². The number of anilines is 1. The highest BCUT2D eigenvalue weighted by atomic mass is 19.3. The van der Waals surface area contributed by atoms with Crippen molar-refractivity contribution in [1.82, 2.24) is 0 Å². The Bertz CT molecular complexity index is 392. The number of carbonyl (C=O) groups excluding carboxylic acids is 1. The molecule has 0 bridgehead atoms. The first-order valence-corrected chi connectivity index (χ1v) is 5.22. The molecular formula is C12H13F2NO. The summed E-state index contributed by atoms with van der Waals surface area (Å²) in [6.45, 7) is 1.43. The van der Waals surface area contributed by atoms with E-state index in [1.54, 1.807) is 24.3 Å². The van der Waals surface area contributed by atoms with Crippen molar-refractivity contribution in [2.45, 2.75) is 31.6 Å². The van der Waals surface area contributed by atoms with E-state index in [0.717, 1.165) is 5.56 Å². The lowest BCUT2D eigenvalue weighted by atomic mass is 9.77. The summed E-state index contributed by atoms with van der Waals surface area (Å²) in [4.78, 5) is 10.8. The number of rotatable bonds is 2. The van der Waals surface area contributed by atoms with Gasteiger partial charge in [0.05, 0.1) is 0 Å². The molecule has 1 fully saturated rings. The molecule has 2 rings (SSSR count). The molecule has 1 saturated carbocycles. The van der Waals surface area contributed by atoms with Crippen molar-refractivity contribution in [3.8, 4) is 0 Å². The van der Waals surface area contributed by atoms with Gasteiger partial charge in [-0.1, -0.05) is 12.1 Å². The molecule has 1 aromatic rings. The van der Waals surface area contributed by atoms with Crippen LogP contribution in [0.25, 0.3) is 0 Å². The highest BCUT2D eigenvalue weighted by Crippen LogP contribution is 2.48. The van der Waals surface area contributed by atoms with E-state index < -0.39 is 5.92 Å². The quantitative estimate of drug-likeness (QED) is 0.823. The third kappa shape index (κ3) is 2.38. The fraction of sp³-hybridized carbons (Fsp3) is 0.417. The molecule has 0 radical (unpaired) electrons. The van der Waals surface area contributed by atoms with Crippen molar-refractivity contribution in [2.24, 2.45) is 0 Å². The summed E-state index contributed by atoms with van der Waals surface area (Å²) < 4.78 is 25.3. The van der Waals surface area contributed by atoms with Crippen molar-refractivity contribution < 1.29 is 13.6 Å². The number of amides is 1. The van der Waals surface area contributed by atoms with Gasteiger partial charge in [0.25, 0.3) is 0 Å². The number of alkyl halides is 2. The lowest BCUT2D eigenvalue weighted by Crippen LogP contribution is -2.33. The van der Waals surface area contributed by atoms with Gasteiger partial charge in [0.2, 0.25) is 11.8 Å². The molecule has 0 unspecified atom stereocenters. The number of hydrogen-bond donors (Lipinski definition) is 1. The second-order valence-electron chi connectivity index (χ2n) is 4.26. The molecule has 0 saturated heterocycles. The van der Waals surface area contributed by atoms with Crippen LogP contribution in [0, 0.1) is 0 Å². The molecule has 0 atom stereocenters. The third-order valence-corrected chi connectivity index (χ3v) is 2.79. The zero-order chi connectivity index (χ0) is 11.8. The molecule has 1 aliphatic carbocycles. The fourth-order valence-electron chi connectivity index (χ4n) is 1.94. The Morgan fingerprint density at radius 1 is 1.31 bits per heavy atom.